The number of anilines is 1. The zero-order valence-corrected chi connectivity index (χ0v) is 11.0. The van der Waals surface area contributed by atoms with Gasteiger partial charge >= 0.3 is 5.97 Å². The highest BCUT2D eigenvalue weighted by Crippen LogP contribution is 2.22. The summed E-state index contributed by atoms with van der Waals surface area (Å²) in [6.07, 6.45) is 2.25. The van der Waals surface area contributed by atoms with Gasteiger partial charge in [0.05, 0.1) is 7.11 Å². The second kappa shape index (κ2) is 5.84. The Balaban J connectivity index is 2.73. The summed E-state index contributed by atoms with van der Waals surface area (Å²) in [4.78, 5) is 17.6. The van der Waals surface area contributed by atoms with Crippen LogP contribution >= 0.6 is 11.3 Å². The molecule has 0 saturated carbocycles. The van der Waals surface area contributed by atoms with Crippen molar-refractivity contribution in [3.05, 3.63) is 11.1 Å². The molecule has 0 aromatic carbocycles. The third kappa shape index (κ3) is 2.95. The molecule has 1 aromatic heterocycles. The summed E-state index contributed by atoms with van der Waals surface area (Å²) in [7, 11) is 3.37. The lowest BCUT2D eigenvalue weighted by molar-refractivity contribution is 0.0595. The Morgan fingerprint density at radius 2 is 2.38 bits per heavy atom. The van der Waals surface area contributed by atoms with Crippen LogP contribution in [0.15, 0.2) is 5.38 Å². The van der Waals surface area contributed by atoms with E-state index in [1.807, 2.05) is 7.05 Å². The first-order chi connectivity index (χ1) is 7.60. The van der Waals surface area contributed by atoms with Gasteiger partial charge in [-0.25, -0.2) is 9.78 Å². The van der Waals surface area contributed by atoms with E-state index in [1.165, 1.54) is 18.4 Å². The minimum atomic E-state index is -0.376. The van der Waals surface area contributed by atoms with E-state index in [2.05, 4.69) is 28.5 Å². The number of aromatic nitrogens is 1. The lowest BCUT2D eigenvalue weighted by Gasteiger charge is -2.23. The van der Waals surface area contributed by atoms with Crippen molar-refractivity contribution in [2.45, 2.75) is 32.7 Å². The van der Waals surface area contributed by atoms with Gasteiger partial charge in [-0.15, -0.1) is 11.3 Å². The zero-order valence-electron chi connectivity index (χ0n) is 10.2. The number of methoxy groups -OCH3 is 1. The maximum atomic E-state index is 11.2. The molecule has 0 fully saturated rings. The lowest BCUT2D eigenvalue weighted by Crippen LogP contribution is -2.28. The standard InChI is InChI=1S/C11H18N2O2S/c1-5-6-8(2)13(3)11-12-9(7-16-11)10(14)15-4/h7-8H,5-6H2,1-4H3. The largest absolute Gasteiger partial charge is 0.464 e. The first kappa shape index (κ1) is 13.0. The van der Waals surface area contributed by atoms with Crippen LogP contribution in [0.25, 0.3) is 0 Å². The third-order valence-corrected chi connectivity index (χ3v) is 3.49. The van der Waals surface area contributed by atoms with Gasteiger partial charge in [0.25, 0.3) is 0 Å². The number of carbonyl (C=O) groups excluding carboxylic acids is 1. The Morgan fingerprint density at radius 3 is 2.94 bits per heavy atom. The van der Waals surface area contributed by atoms with Gasteiger partial charge in [0.1, 0.15) is 0 Å². The average Bonchev–Trinajstić information content (AvgIpc) is 2.76. The van der Waals surface area contributed by atoms with Crippen molar-refractivity contribution in [2.24, 2.45) is 0 Å². The molecule has 1 rings (SSSR count). The van der Waals surface area contributed by atoms with E-state index in [4.69, 9.17) is 0 Å². The van der Waals surface area contributed by atoms with E-state index in [1.54, 1.807) is 5.38 Å². The van der Waals surface area contributed by atoms with Gasteiger partial charge in [0, 0.05) is 18.5 Å². The molecular weight excluding hydrogens is 224 g/mol. The van der Waals surface area contributed by atoms with Gasteiger partial charge in [-0.2, -0.15) is 0 Å². The first-order valence-corrected chi connectivity index (χ1v) is 6.24. The number of carbonyl (C=O) groups is 1. The molecule has 0 amide bonds. The third-order valence-electron chi connectivity index (χ3n) is 2.56. The molecular formula is C11H18N2O2S. The summed E-state index contributed by atoms with van der Waals surface area (Å²) in [5.74, 6) is -0.376. The van der Waals surface area contributed by atoms with Crippen LogP contribution in [0, 0.1) is 0 Å². The Labute approximate surface area is 100 Å². The molecule has 0 saturated heterocycles. The van der Waals surface area contributed by atoms with Crippen molar-refractivity contribution in [1.29, 1.82) is 0 Å². The van der Waals surface area contributed by atoms with Crippen molar-refractivity contribution in [2.75, 3.05) is 19.1 Å². The molecule has 1 heterocycles. The van der Waals surface area contributed by atoms with Crippen LogP contribution in [0.2, 0.25) is 0 Å². The van der Waals surface area contributed by atoms with Crippen LogP contribution in [0.3, 0.4) is 0 Å². The Morgan fingerprint density at radius 1 is 1.69 bits per heavy atom. The minimum Gasteiger partial charge on any atom is -0.464 e. The van der Waals surface area contributed by atoms with Crippen LogP contribution in [-0.4, -0.2) is 31.2 Å². The maximum absolute atomic E-state index is 11.2. The van der Waals surface area contributed by atoms with Crippen LogP contribution in [0.1, 0.15) is 37.2 Å². The Bertz CT molecular complexity index is 352. The topological polar surface area (TPSA) is 42.4 Å². The molecule has 1 unspecified atom stereocenters. The number of thiazole rings is 1. The van der Waals surface area contributed by atoms with Crippen molar-refractivity contribution in [3.8, 4) is 0 Å². The summed E-state index contributed by atoms with van der Waals surface area (Å²) in [6, 6.07) is 0.432. The quantitative estimate of drug-likeness (QED) is 0.744. The molecule has 0 radical (unpaired) electrons. The predicted molar refractivity (Wildman–Crippen MR) is 66.2 cm³/mol. The average molecular weight is 242 g/mol. The first-order valence-electron chi connectivity index (χ1n) is 5.36. The zero-order chi connectivity index (χ0) is 12.1. The van der Waals surface area contributed by atoms with E-state index in [0.29, 0.717) is 11.7 Å². The molecule has 4 nitrogen and oxygen atoms in total. The molecule has 5 heteroatoms. The fourth-order valence-electron chi connectivity index (χ4n) is 1.42. The molecule has 0 aliphatic heterocycles. The van der Waals surface area contributed by atoms with E-state index in [-0.39, 0.29) is 5.97 Å². The van der Waals surface area contributed by atoms with Crippen LogP contribution in [-0.2, 0) is 4.74 Å². The maximum Gasteiger partial charge on any atom is 0.357 e. The molecule has 0 N–H and O–H groups in total. The second-order valence-corrected chi connectivity index (χ2v) is 4.59. The van der Waals surface area contributed by atoms with Gasteiger partial charge in [-0.3, -0.25) is 0 Å². The van der Waals surface area contributed by atoms with Gasteiger partial charge in [-0.1, -0.05) is 13.3 Å². The van der Waals surface area contributed by atoms with Crippen molar-refractivity contribution in [3.63, 3.8) is 0 Å². The van der Waals surface area contributed by atoms with Crippen molar-refractivity contribution in [1.82, 2.24) is 4.98 Å². The highest BCUT2D eigenvalue weighted by molar-refractivity contribution is 7.13. The smallest absolute Gasteiger partial charge is 0.357 e. The summed E-state index contributed by atoms with van der Waals surface area (Å²) in [6.45, 7) is 4.31. The molecule has 0 bridgehead atoms. The summed E-state index contributed by atoms with van der Waals surface area (Å²) in [5.41, 5.74) is 0.387. The number of hydrogen-bond donors (Lipinski definition) is 0. The number of hydrogen-bond acceptors (Lipinski definition) is 5. The normalized spacial score (nSPS) is 12.2. The van der Waals surface area contributed by atoms with E-state index < -0.39 is 0 Å². The minimum absolute atomic E-state index is 0.376. The van der Waals surface area contributed by atoms with Gasteiger partial charge < -0.3 is 9.64 Å². The second-order valence-electron chi connectivity index (χ2n) is 3.76. The monoisotopic (exact) mass is 242 g/mol. The van der Waals surface area contributed by atoms with E-state index >= 15 is 0 Å². The Hall–Kier alpha value is -1.10. The fourth-order valence-corrected chi connectivity index (χ4v) is 2.29. The molecule has 16 heavy (non-hydrogen) atoms. The van der Waals surface area contributed by atoms with Crippen LogP contribution < -0.4 is 4.90 Å². The molecule has 0 aliphatic rings. The van der Waals surface area contributed by atoms with E-state index in [9.17, 15) is 4.79 Å². The van der Waals surface area contributed by atoms with Crippen LogP contribution in [0.4, 0.5) is 5.13 Å². The number of rotatable bonds is 5. The van der Waals surface area contributed by atoms with Gasteiger partial charge in [0.2, 0.25) is 0 Å². The SMILES string of the molecule is CCCC(C)N(C)c1nc(C(=O)OC)cs1. The summed E-state index contributed by atoms with van der Waals surface area (Å²) in [5, 5.41) is 2.59. The predicted octanol–water partition coefficient (Wildman–Crippen LogP) is 2.55. The fraction of sp³-hybridized carbons (Fsp3) is 0.636. The van der Waals surface area contributed by atoms with E-state index in [0.717, 1.165) is 18.0 Å². The van der Waals surface area contributed by atoms with Crippen LogP contribution in [0.5, 0.6) is 0 Å². The molecule has 0 spiro atoms. The molecule has 90 valence electrons. The molecule has 0 aliphatic carbocycles. The Kier molecular flexibility index (Phi) is 4.73. The lowest BCUT2D eigenvalue weighted by atomic mass is 10.2. The highest BCUT2D eigenvalue weighted by atomic mass is 32.1. The van der Waals surface area contributed by atoms with Crippen molar-refractivity contribution >= 4 is 22.4 Å². The number of nitrogens with zero attached hydrogens (tertiary/aromatic N) is 2. The summed E-state index contributed by atoms with van der Waals surface area (Å²) < 4.78 is 4.62. The van der Waals surface area contributed by atoms with Crippen molar-refractivity contribution < 1.29 is 9.53 Å². The van der Waals surface area contributed by atoms with Gasteiger partial charge in [0.15, 0.2) is 10.8 Å². The summed E-state index contributed by atoms with van der Waals surface area (Å²) >= 11 is 1.47. The highest BCUT2D eigenvalue weighted by Gasteiger charge is 2.16. The van der Waals surface area contributed by atoms with Gasteiger partial charge in [-0.05, 0) is 13.3 Å². The molecule has 1 aromatic rings. The number of esters is 1. The number of ether oxygens (including phenoxy) is 1. The molecule has 1 atom stereocenters.